The van der Waals surface area contributed by atoms with Crippen molar-refractivity contribution in [1.82, 2.24) is 8.87 Å². The van der Waals surface area contributed by atoms with Gasteiger partial charge in [-0.25, -0.2) is 8.42 Å². The fourth-order valence-corrected chi connectivity index (χ4v) is 5.88. The largest absolute Gasteiger partial charge is 0.493 e. The van der Waals surface area contributed by atoms with Gasteiger partial charge in [0, 0.05) is 24.0 Å². The molecule has 1 aliphatic heterocycles. The number of carbonyl (C=O) groups excluding carboxylic acids is 1. The molecule has 2 heterocycles. The second-order valence-electron chi connectivity index (χ2n) is 8.41. The minimum Gasteiger partial charge on any atom is -0.493 e. The summed E-state index contributed by atoms with van der Waals surface area (Å²) < 4.78 is 28.9. The van der Waals surface area contributed by atoms with Crippen molar-refractivity contribution in [3.63, 3.8) is 0 Å². The summed E-state index contributed by atoms with van der Waals surface area (Å²) in [6.07, 6.45) is 1.65. The smallest absolute Gasteiger partial charge is 0.295 e. The summed E-state index contributed by atoms with van der Waals surface area (Å²) in [4.78, 5) is 12.9. The van der Waals surface area contributed by atoms with Crippen LogP contribution in [-0.2, 0) is 16.6 Å². The molecule has 0 saturated carbocycles. The molecule has 35 heavy (non-hydrogen) atoms. The predicted molar refractivity (Wildman–Crippen MR) is 132 cm³/mol. The van der Waals surface area contributed by atoms with E-state index in [9.17, 15) is 18.3 Å². The van der Waals surface area contributed by atoms with Crippen LogP contribution in [0.15, 0.2) is 94.0 Å². The molecule has 0 bridgehead atoms. The van der Waals surface area contributed by atoms with Crippen LogP contribution in [0.25, 0.3) is 10.9 Å². The van der Waals surface area contributed by atoms with Gasteiger partial charge in [-0.15, -0.1) is 10.2 Å². The molecule has 0 unspecified atom stereocenters. The SMILES string of the molecule is O=C(N=Nc1c(O)n(Cc2ccccc2)c2ccccc12)c1cccc(S(=O)(=O)N2CCCC2)c1. The van der Waals surface area contributed by atoms with E-state index >= 15 is 0 Å². The molecule has 178 valence electrons. The molecule has 0 spiro atoms. The van der Waals surface area contributed by atoms with Gasteiger partial charge in [-0.3, -0.25) is 4.79 Å². The average Bonchev–Trinajstić information content (AvgIpc) is 3.52. The number of fused-ring (bicyclic) bond motifs is 1. The normalized spacial score (nSPS) is 14.7. The van der Waals surface area contributed by atoms with Crippen LogP contribution in [0.1, 0.15) is 28.8 Å². The highest BCUT2D eigenvalue weighted by Gasteiger charge is 2.27. The lowest BCUT2D eigenvalue weighted by atomic mass is 10.2. The molecule has 1 fully saturated rings. The maximum Gasteiger partial charge on any atom is 0.295 e. The number of benzene rings is 3. The van der Waals surface area contributed by atoms with E-state index in [0.29, 0.717) is 25.0 Å². The number of rotatable bonds is 6. The molecule has 9 heteroatoms. The standard InChI is InChI=1S/C26H24N4O4S/c31-25(20-11-8-12-21(17-20)35(33,34)29-15-6-7-16-29)28-27-24-22-13-4-5-14-23(22)30(26(24)32)18-19-9-2-1-3-10-19/h1-5,8-14,17,32H,6-7,15-16,18H2. The summed E-state index contributed by atoms with van der Waals surface area (Å²) in [6, 6.07) is 22.9. The molecule has 1 aromatic heterocycles. The molecule has 1 N–H and O–H groups in total. The van der Waals surface area contributed by atoms with Crippen molar-refractivity contribution in [1.29, 1.82) is 0 Å². The zero-order valence-corrected chi connectivity index (χ0v) is 19.7. The van der Waals surface area contributed by atoms with E-state index in [4.69, 9.17) is 0 Å². The second-order valence-corrected chi connectivity index (χ2v) is 10.3. The molecule has 4 aromatic rings. The number of sulfonamides is 1. The van der Waals surface area contributed by atoms with Crippen molar-refractivity contribution in [3.8, 4) is 5.88 Å². The molecule has 1 aliphatic rings. The Labute approximate surface area is 203 Å². The topological polar surface area (TPSA) is 104 Å². The number of aromatic hydroxyl groups is 1. The zero-order chi connectivity index (χ0) is 24.4. The highest BCUT2D eigenvalue weighted by Crippen LogP contribution is 2.39. The van der Waals surface area contributed by atoms with Crippen LogP contribution < -0.4 is 0 Å². The van der Waals surface area contributed by atoms with Crippen LogP contribution in [0.4, 0.5) is 5.69 Å². The molecule has 3 aromatic carbocycles. The van der Waals surface area contributed by atoms with Gasteiger partial charge >= 0.3 is 0 Å². The number of hydrogen-bond acceptors (Lipinski definition) is 5. The highest BCUT2D eigenvalue weighted by atomic mass is 32.2. The summed E-state index contributed by atoms with van der Waals surface area (Å²) in [5.74, 6) is -0.792. The zero-order valence-electron chi connectivity index (χ0n) is 18.9. The first-order chi connectivity index (χ1) is 16.9. The number of carbonyl (C=O) groups is 1. The third kappa shape index (κ3) is 4.48. The molecule has 0 atom stereocenters. The van der Waals surface area contributed by atoms with Gasteiger partial charge in [0.1, 0.15) is 0 Å². The lowest BCUT2D eigenvalue weighted by Crippen LogP contribution is -2.27. The van der Waals surface area contributed by atoms with Crippen LogP contribution >= 0.6 is 0 Å². The van der Waals surface area contributed by atoms with Gasteiger partial charge in [0.15, 0.2) is 5.69 Å². The lowest BCUT2D eigenvalue weighted by molar-refractivity contribution is 0.0995. The summed E-state index contributed by atoms with van der Waals surface area (Å²) in [7, 11) is -3.66. The highest BCUT2D eigenvalue weighted by molar-refractivity contribution is 7.89. The van der Waals surface area contributed by atoms with Gasteiger partial charge in [0.05, 0.1) is 17.0 Å². The Morgan fingerprint density at radius 3 is 2.40 bits per heavy atom. The summed E-state index contributed by atoms with van der Waals surface area (Å²) in [6.45, 7) is 1.38. The van der Waals surface area contributed by atoms with Crippen molar-refractivity contribution in [2.75, 3.05) is 13.1 Å². The van der Waals surface area contributed by atoms with Crippen molar-refractivity contribution in [2.24, 2.45) is 10.2 Å². The number of aromatic nitrogens is 1. The van der Waals surface area contributed by atoms with E-state index in [1.807, 2.05) is 48.5 Å². The fraction of sp³-hybridized carbons (Fsp3) is 0.192. The lowest BCUT2D eigenvalue weighted by Gasteiger charge is -2.15. The molecule has 5 rings (SSSR count). The number of nitrogens with zero attached hydrogens (tertiary/aromatic N) is 4. The number of amides is 1. The van der Waals surface area contributed by atoms with E-state index in [-0.39, 0.29) is 22.0 Å². The van der Waals surface area contributed by atoms with Gasteiger partial charge in [-0.2, -0.15) is 4.31 Å². The van der Waals surface area contributed by atoms with Gasteiger partial charge in [-0.1, -0.05) is 54.6 Å². The van der Waals surface area contributed by atoms with Crippen molar-refractivity contribution >= 4 is 32.5 Å². The van der Waals surface area contributed by atoms with Crippen LogP contribution in [-0.4, -0.2) is 41.4 Å². The Morgan fingerprint density at radius 2 is 1.63 bits per heavy atom. The van der Waals surface area contributed by atoms with Crippen molar-refractivity contribution < 1.29 is 18.3 Å². The monoisotopic (exact) mass is 488 g/mol. The molecule has 8 nitrogen and oxygen atoms in total. The third-order valence-corrected chi connectivity index (χ3v) is 8.02. The summed E-state index contributed by atoms with van der Waals surface area (Å²) in [5.41, 5.74) is 2.06. The Morgan fingerprint density at radius 1 is 0.914 bits per heavy atom. The molecular formula is C26H24N4O4S. The second kappa shape index (κ2) is 9.44. The third-order valence-electron chi connectivity index (χ3n) is 6.13. The van der Waals surface area contributed by atoms with Crippen LogP contribution in [0.5, 0.6) is 5.88 Å². The first-order valence-electron chi connectivity index (χ1n) is 11.4. The minimum atomic E-state index is -3.66. The van der Waals surface area contributed by atoms with Crippen molar-refractivity contribution in [2.45, 2.75) is 24.3 Å². The van der Waals surface area contributed by atoms with E-state index in [0.717, 1.165) is 23.9 Å². The van der Waals surface area contributed by atoms with Gasteiger partial charge in [0.25, 0.3) is 5.91 Å². The molecule has 1 amide bonds. The number of azo groups is 1. The van der Waals surface area contributed by atoms with Crippen LogP contribution in [0.3, 0.4) is 0 Å². The first kappa shape index (κ1) is 22.9. The van der Waals surface area contributed by atoms with E-state index in [2.05, 4.69) is 10.2 Å². The maximum absolute atomic E-state index is 12.9. The van der Waals surface area contributed by atoms with Crippen molar-refractivity contribution in [3.05, 3.63) is 90.0 Å². The summed E-state index contributed by atoms with van der Waals surface area (Å²) in [5, 5.41) is 19.5. The van der Waals surface area contributed by atoms with E-state index in [1.165, 1.54) is 28.6 Å². The minimum absolute atomic E-state index is 0.0581. The van der Waals surface area contributed by atoms with Crippen LogP contribution in [0.2, 0.25) is 0 Å². The molecule has 1 saturated heterocycles. The van der Waals surface area contributed by atoms with E-state index in [1.54, 1.807) is 10.6 Å². The van der Waals surface area contributed by atoms with E-state index < -0.39 is 15.9 Å². The summed E-state index contributed by atoms with van der Waals surface area (Å²) >= 11 is 0. The Bertz CT molecular complexity index is 1520. The molecule has 0 aliphatic carbocycles. The van der Waals surface area contributed by atoms with Gasteiger partial charge < -0.3 is 9.67 Å². The number of para-hydroxylation sites is 1. The average molecular weight is 489 g/mol. The molecule has 0 radical (unpaired) electrons. The Kier molecular flexibility index (Phi) is 6.19. The molecular weight excluding hydrogens is 464 g/mol. The fourth-order valence-electron chi connectivity index (χ4n) is 4.32. The predicted octanol–water partition coefficient (Wildman–Crippen LogP) is 5.10. The Balaban J connectivity index is 1.45. The van der Waals surface area contributed by atoms with Gasteiger partial charge in [-0.05, 0) is 42.7 Å². The quantitative estimate of drug-likeness (QED) is 0.381. The van der Waals surface area contributed by atoms with Crippen LogP contribution in [0, 0.1) is 0 Å². The van der Waals surface area contributed by atoms with Gasteiger partial charge in [0.2, 0.25) is 15.9 Å². The first-order valence-corrected chi connectivity index (χ1v) is 12.8. The maximum atomic E-state index is 12.9. The number of hydrogen-bond donors (Lipinski definition) is 1. The Hall–Kier alpha value is -3.82.